The Kier molecular flexibility index (Phi) is 7.27. The van der Waals surface area contributed by atoms with Crippen LogP contribution in [-0.2, 0) is 23.9 Å². The van der Waals surface area contributed by atoms with Crippen LogP contribution < -0.4 is 26.2 Å². The number of anilines is 3. The van der Waals surface area contributed by atoms with E-state index in [1.807, 2.05) is 0 Å². The number of urea groups is 1. The van der Waals surface area contributed by atoms with Crippen molar-refractivity contribution < 1.29 is 32.0 Å². The number of carbonyl (C=O) groups excluding carboxylic acids is 2. The Hall–Kier alpha value is -5.01. The lowest BCUT2D eigenvalue weighted by Crippen LogP contribution is -2.35. The molecule has 4 N–H and O–H groups in total. The number of benzene rings is 1. The number of carbonyl (C=O) groups is 2. The van der Waals surface area contributed by atoms with Gasteiger partial charge in [0, 0.05) is 29.8 Å². The van der Waals surface area contributed by atoms with Gasteiger partial charge in [-0.15, -0.1) is 0 Å². The smallest absolute Gasteiger partial charge is 0.329 e. The second-order valence-electron chi connectivity index (χ2n) is 7.75. The molecule has 0 unspecified atom stereocenters. The number of aromatic amines is 1. The van der Waals surface area contributed by atoms with Crippen LogP contribution in [0.5, 0.6) is 0 Å². The summed E-state index contributed by atoms with van der Waals surface area (Å²) in [5, 5.41) is 10.7. The molecular weight excluding hydrogens is 495 g/mol. The van der Waals surface area contributed by atoms with E-state index in [0.29, 0.717) is 11.3 Å². The molecule has 3 aromatic heterocycles. The van der Waals surface area contributed by atoms with Gasteiger partial charge in [0.15, 0.2) is 0 Å². The van der Waals surface area contributed by atoms with Crippen LogP contribution in [0.3, 0.4) is 0 Å². The third-order valence-electron chi connectivity index (χ3n) is 4.81. The first kappa shape index (κ1) is 25.1. The van der Waals surface area contributed by atoms with Crippen LogP contribution in [-0.4, -0.2) is 27.2 Å². The monoisotopic (exact) mass is 514 g/mol. The molecule has 0 saturated heterocycles. The van der Waals surface area contributed by atoms with Gasteiger partial charge in [-0.3, -0.25) is 24.4 Å². The van der Waals surface area contributed by atoms with Crippen LogP contribution in [0.4, 0.5) is 35.2 Å². The maximum Gasteiger partial charge on any atom is 0.416 e. The Morgan fingerprint density at radius 2 is 1.81 bits per heavy atom. The van der Waals surface area contributed by atoms with Crippen LogP contribution in [0.2, 0.25) is 0 Å². The van der Waals surface area contributed by atoms with Crippen LogP contribution >= 0.6 is 0 Å². The number of amides is 3. The van der Waals surface area contributed by atoms with E-state index < -0.39 is 23.7 Å². The Labute approximate surface area is 206 Å². The standard InChI is InChI=1S/C23H18F3N7O4/c24-23(25,26)15-8-17(29-20(35)7-14-4-5-19(34)28-11-14)10-18(9-15)30-22(36)31-21-13-33(32-37-21)12-16-3-1-2-6-27-16/h1-6,8-11,13H,7,12H2,(H3-,28,29,30,31,32,34,35,36)/p+1. The van der Waals surface area contributed by atoms with E-state index in [1.54, 1.807) is 24.4 Å². The molecule has 0 atom stereocenters. The molecule has 0 aliphatic rings. The summed E-state index contributed by atoms with van der Waals surface area (Å²) in [6.45, 7) is 0.267. The van der Waals surface area contributed by atoms with Crippen LogP contribution in [0.15, 0.2) is 76.4 Å². The number of nitrogens with one attached hydrogen (secondary N) is 4. The molecule has 0 saturated carbocycles. The second-order valence-corrected chi connectivity index (χ2v) is 7.75. The van der Waals surface area contributed by atoms with Gasteiger partial charge in [-0.05, 0) is 40.6 Å². The SMILES string of the molecule is O=C(Cc1ccc(=O)[nH]c1)Nc1cc(NC(=O)Nc2c[n+](Cc3ccccn3)no2)cc(C(F)(F)F)c1. The summed E-state index contributed by atoms with van der Waals surface area (Å²) >= 11 is 0. The minimum atomic E-state index is -4.74. The fraction of sp³-hybridized carbons (Fsp3) is 0.130. The van der Waals surface area contributed by atoms with Crippen molar-refractivity contribution in [2.75, 3.05) is 16.0 Å². The molecule has 190 valence electrons. The fourth-order valence-corrected chi connectivity index (χ4v) is 3.22. The molecule has 0 spiro atoms. The van der Waals surface area contributed by atoms with E-state index in [0.717, 1.165) is 12.1 Å². The highest BCUT2D eigenvalue weighted by atomic mass is 19.4. The number of rotatable bonds is 7. The van der Waals surface area contributed by atoms with Gasteiger partial charge < -0.3 is 15.6 Å². The van der Waals surface area contributed by atoms with E-state index in [4.69, 9.17) is 4.52 Å². The molecule has 0 fully saturated rings. The van der Waals surface area contributed by atoms with Crippen molar-refractivity contribution in [2.45, 2.75) is 19.1 Å². The van der Waals surface area contributed by atoms with Crippen LogP contribution in [0.1, 0.15) is 16.8 Å². The number of hydrogen-bond acceptors (Lipinski definition) is 6. The van der Waals surface area contributed by atoms with Crippen molar-refractivity contribution in [3.05, 3.63) is 94.3 Å². The number of H-pyrrole nitrogens is 1. The van der Waals surface area contributed by atoms with Crippen molar-refractivity contribution >= 4 is 29.2 Å². The van der Waals surface area contributed by atoms with Crippen molar-refractivity contribution in [2.24, 2.45) is 0 Å². The Bertz CT molecular complexity index is 1450. The molecule has 0 aliphatic heterocycles. The average molecular weight is 514 g/mol. The molecule has 11 nitrogen and oxygen atoms in total. The molecule has 4 rings (SSSR count). The summed E-state index contributed by atoms with van der Waals surface area (Å²) < 4.78 is 46.7. The van der Waals surface area contributed by atoms with Gasteiger partial charge in [-0.2, -0.15) is 13.2 Å². The Morgan fingerprint density at radius 3 is 2.49 bits per heavy atom. The summed E-state index contributed by atoms with van der Waals surface area (Å²) in [7, 11) is 0. The molecule has 3 amide bonds. The van der Waals surface area contributed by atoms with Gasteiger partial charge in [0.2, 0.25) is 23.3 Å². The van der Waals surface area contributed by atoms with Gasteiger partial charge >= 0.3 is 18.1 Å². The van der Waals surface area contributed by atoms with E-state index in [-0.39, 0.29) is 35.8 Å². The molecule has 37 heavy (non-hydrogen) atoms. The van der Waals surface area contributed by atoms with Crippen LogP contribution in [0, 0.1) is 0 Å². The lowest BCUT2D eigenvalue weighted by molar-refractivity contribution is -0.755. The highest BCUT2D eigenvalue weighted by Gasteiger charge is 2.31. The summed E-state index contributed by atoms with van der Waals surface area (Å²) in [5.74, 6) is -0.685. The molecule has 1 aromatic carbocycles. The highest BCUT2D eigenvalue weighted by Crippen LogP contribution is 2.33. The zero-order chi connectivity index (χ0) is 26.4. The maximum atomic E-state index is 13.4. The number of hydrogen-bond donors (Lipinski definition) is 4. The Morgan fingerprint density at radius 1 is 1.03 bits per heavy atom. The van der Waals surface area contributed by atoms with E-state index >= 15 is 0 Å². The number of alkyl halides is 3. The van der Waals surface area contributed by atoms with Crippen molar-refractivity contribution in [3.63, 3.8) is 0 Å². The first-order chi connectivity index (χ1) is 17.6. The second kappa shape index (κ2) is 10.7. The zero-order valence-corrected chi connectivity index (χ0v) is 18.9. The molecule has 3 heterocycles. The predicted molar refractivity (Wildman–Crippen MR) is 124 cm³/mol. The van der Waals surface area contributed by atoms with Crippen molar-refractivity contribution in [3.8, 4) is 0 Å². The first-order valence-electron chi connectivity index (χ1n) is 10.7. The molecule has 0 aliphatic carbocycles. The van der Waals surface area contributed by atoms with Gasteiger partial charge in [0.25, 0.3) is 6.20 Å². The first-order valence-corrected chi connectivity index (χ1v) is 10.7. The van der Waals surface area contributed by atoms with Crippen LogP contribution in [0.25, 0.3) is 0 Å². The third-order valence-corrected chi connectivity index (χ3v) is 4.81. The van der Waals surface area contributed by atoms with E-state index in [2.05, 4.69) is 31.2 Å². The fourth-order valence-electron chi connectivity index (χ4n) is 3.22. The van der Waals surface area contributed by atoms with E-state index in [1.165, 1.54) is 35.3 Å². The molecule has 14 heteroatoms. The Balaban J connectivity index is 1.43. The summed E-state index contributed by atoms with van der Waals surface area (Å²) in [6, 6.07) is 9.70. The number of nitrogens with zero attached hydrogens (tertiary/aromatic N) is 3. The highest BCUT2D eigenvalue weighted by molar-refractivity contribution is 6.00. The van der Waals surface area contributed by atoms with Crippen molar-refractivity contribution in [1.29, 1.82) is 0 Å². The molecule has 4 aromatic rings. The lowest BCUT2D eigenvalue weighted by atomic mass is 10.1. The van der Waals surface area contributed by atoms with Gasteiger partial charge in [0.05, 0.1) is 12.0 Å². The topological polar surface area (TPSA) is 146 Å². The third kappa shape index (κ3) is 7.24. The zero-order valence-electron chi connectivity index (χ0n) is 18.9. The lowest BCUT2D eigenvalue weighted by Gasteiger charge is -2.14. The normalized spacial score (nSPS) is 11.1. The minimum absolute atomic E-state index is 0.0603. The van der Waals surface area contributed by atoms with Gasteiger partial charge in [-0.25, -0.2) is 4.79 Å². The quantitative estimate of drug-likeness (QED) is 0.279. The number of halogens is 3. The number of pyridine rings is 2. The van der Waals surface area contributed by atoms with Gasteiger partial charge in [-0.1, -0.05) is 12.1 Å². The largest absolute Gasteiger partial charge is 0.416 e. The maximum absolute atomic E-state index is 13.4. The summed E-state index contributed by atoms with van der Waals surface area (Å²) in [6.07, 6.45) is -0.620. The van der Waals surface area contributed by atoms with E-state index in [9.17, 15) is 27.6 Å². The summed E-state index contributed by atoms with van der Waals surface area (Å²) in [4.78, 5) is 42.4. The molecule has 0 radical (unpaired) electrons. The molecular formula is C23H19F3N7O4+. The van der Waals surface area contributed by atoms with Gasteiger partial charge in [0.1, 0.15) is 5.69 Å². The summed E-state index contributed by atoms with van der Waals surface area (Å²) in [5.41, 5.74) is -0.716. The molecule has 0 bridgehead atoms. The number of aromatic nitrogens is 4. The minimum Gasteiger partial charge on any atom is -0.329 e. The predicted octanol–water partition coefficient (Wildman–Crippen LogP) is 2.94. The average Bonchev–Trinajstić information content (AvgIpc) is 3.26. The van der Waals surface area contributed by atoms with Crippen molar-refractivity contribution in [1.82, 2.24) is 15.2 Å².